The van der Waals surface area contributed by atoms with E-state index < -0.39 is 14.9 Å². The molecule has 1 saturated heterocycles. The van der Waals surface area contributed by atoms with Gasteiger partial charge in [-0.05, 0) is 38.3 Å². The standard InChI is InChI=1S/C14H19N3O4S/c18-17(19)13-5-1-2-6-14(13)22(20,21)16(11-7-8-11)12-4-3-9-15-10-12/h1-2,5-6,11-12,15H,3-4,7-10H2. The Morgan fingerprint density at radius 3 is 2.50 bits per heavy atom. The van der Waals surface area contributed by atoms with E-state index in [9.17, 15) is 18.5 Å². The minimum absolute atomic E-state index is 0.0188. The molecule has 2 fully saturated rings. The Morgan fingerprint density at radius 2 is 1.91 bits per heavy atom. The third-order valence-corrected chi connectivity index (χ3v) is 6.21. The second-order valence-electron chi connectivity index (χ2n) is 5.79. The summed E-state index contributed by atoms with van der Waals surface area (Å²) >= 11 is 0. The topological polar surface area (TPSA) is 92.5 Å². The Bertz CT molecular complexity index is 666. The van der Waals surface area contributed by atoms with Gasteiger partial charge in [0.15, 0.2) is 4.90 Å². The largest absolute Gasteiger partial charge is 0.315 e. The van der Waals surface area contributed by atoms with Crippen molar-refractivity contribution in [3.8, 4) is 0 Å². The van der Waals surface area contributed by atoms with Crippen LogP contribution in [0.5, 0.6) is 0 Å². The number of hydrogen-bond acceptors (Lipinski definition) is 5. The van der Waals surface area contributed by atoms with Gasteiger partial charge in [-0.2, -0.15) is 4.31 Å². The maximum atomic E-state index is 13.0. The smallest absolute Gasteiger partial charge is 0.289 e. The normalized spacial score (nSPS) is 22.7. The molecule has 1 saturated carbocycles. The van der Waals surface area contributed by atoms with Gasteiger partial charge in [0.1, 0.15) is 0 Å². The van der Waals surface area contributed by atoms with E-state index in [1.54, 1.807) is 0 Å². The van der Waals surface area contributed by atoms with Crippen LogP contribution in [0.2, 0.25) is 0 Å². The molecule has 22 heavy (non-hydrogen) atoms. The number of nitrogens with one attached hydrogen (secondary N) is 1. The fraction of sp³-hybridized carbons (Fsp3) is 0.571. The first-order valence-corrected chi connectivity index (χ1v) is 8.93. The third-order valence-electron chi connectivity index (χ3n) is 4.15. The first-order valence-electron chi connectivity index (χ1n) is 7.49. The van der Waals surface area contributed by atoms with Crippen LogP contribution in [0.25, 0.3) is 0 Å². The molecule has 0 amide bonds. The number of benzene rings is 1. The van der Waals surface area contributed by atoms with Crippen molar-refractivity contribution in [2.45, 2.75) is 42.7 Å². The minimum Gasteiger partial charge on any atom is -0.315 e. The van der Waals surface area contributed by atoms with Crippen LogP contribution in [-0.2, 0) is 10.0 Å². The highest BCUT2D eigenvalue weighted by atomic mass is 32.2. The van der Waals surface area contributed by atoms with Crippen LogP contribution in [0.3, 0.4) is 0 Å². The quantitative estimate of drug-likeness (QED) is 0.654. The van der Waals surface area contributed by atoms with Crippen LogP contribution in [0, 0.1) is 10.1 Å². The summed E-state index contributed by atoms with van der Waals surface area (Å²) in [5.74, 6) is 0. The number of nitro benzene ring substituents is 1. The fourth-order valence-corrected chi connectivity index (χ4v) is 5.07. The molecule has 8 heteroatoms. The Hall–Kier alpha value is -1.51. The van der Waals surface area contributed by atoms with E-state index in [0.29, 0.717) is 6.54 Å². The highest BCUT2D eigenvalue weighted by molar-refractivity contribution is 7.89. The van der Waals surface area contributed by atoms with E-state index in [0.717, 1.165) is 32.2 Å². The summed E-state index contributed by atoms with van der Waals surface area (Å²) in [5.41, 5.74) is -0.350. The summed E-state index contributed by atoms with van der Waals surface area (Å²) in [4.78, 5) is 10.3. The molecule has 1 atom stereocenters. The van der Waals surface area contributed by atoms with E-state index in [1.165, 1.54) is 28.6 Å². The number of nitrogens with zero attached hydrogens (tertiary/aromatic N) is 2. The van der Waals surface area contributed by atoms with Gasteiger partial charge in [0.25, 0.3) is 5.69 Å². The lowest BCUT2D eigenvalue weighted by Crippen LogP contribution is -2.49. The van der Waals surface area contributed by atoms with Crippen LogP contribution in [-0.4, -0.2) is 42.8 Å². The average molecular weight is 325 g/mol. The zero-order valence-electron chi connectivity index (χ0n) is 12.1. The minimum atomic E-state index is -3.86. The van der Waals surface area contributed by atoms with Gasteiger partial charge in [-0.3, -0.25) is 10.1 Å². The van der Waals surface area contributed by atoms with Gasteiger partial charge in [-0.1, -0.05) is 12.1 Å². The molecule has 0 spiro atoms. The van der Waals surface area contributed by atoms with Crippen LogP contribution in [0.4, 0.5) is 5.69 Å². The second kappa shape index (κ2) is 5.94. The van der Waals surface area contributed by atoms with E-state index in [4.69, 9.17) is 0 Å². The van der Waals surface area contributed by atoms with Crippen LogP contribution < -0.4 is 5.32 Å². The predicted octanol–water partition coefficient (Wildman–Crippen LogP) is 1.50. The molecular weight excluding hydrogens is 306 g/mol. The van der Waals surface area contributed by atoms with Gasteiger partial charge < -0.3 is 5.32 Å². The van der Waals surface area contributed by atoms with E-state index in [2.05, 4.69) is 5.32 Å². The maximum absolute atomic E-state index is 13.0. The molecular formula is C14H19N3O4S. The lowest BCUT2D eigenvalue weighted by Gasteiger charge is -2.33. The number of para-hydroxylation sites is 1. The van der Waals surface area contributed by atoms with Gasteiger partial charge >= 0.3 is 0 Å². The number of rotatable bonds is 5. The van der Waals surface area contributed by atoms with Crippen molar-refractivity contribution in [2.24, 2.45) is 0 Å². The van der Waals surface area contributed by atoms with E-state index in [1.807, 2.05) is 0 Å². The Labute approximate surface area is 129 Å². The van der Waals surface area contributed by atoms with Crippen molar-refractivity contribution < 1.29 is 13.3 Å². The molecule has 0 bridgehead atoms. The third kappa shape index (κ3) is 2.86. The molecule has 1 N–H and O–H groups in total. The molecule has 1 aromatic carbocycles. The SMILES string of the molecule is O=[N+]([O-])c1ccccc1S(=O)(=O)N(C1CC1)C1CCCNC1. The summed E-state index contributed by atoms with van der Waals surface area (Å²) in [7, 11) is -3.86. The molecule has 120 valence electrons. The van der Waals surface area contributed by atoms with Gasteiger partial charge in [-0.15, -0.1) is 0 Å². The molecule has 7 nitrogen and oxygen atoms in total. The summed E-state index contributed by atoms with van der Waals surface area (Å²) in [5, 5.41) is 14.4. The summed E-state index contributed by atoms with van der Waals surface area (Å²) < 4.78 is 27.6. The van der Waals surface area contributed by atoms with Crippen molar-refractivity contribution >= 4 is 15.7 Å². The van der Waals surface area contributed by atoms with Crippen molar-refractivity contribution in [3.63, 3.8) is 0 Å². The zero-order chi connectivity index (χ0) is 15.7. The molecule has 1 unspecified atom stereocenters. The van der Waals surface area contributed by atoms with E-state index in [-0.39, 0.29) is 22.7 Å². The zero-order valence-corrected chi connectivity index (χ0v) is 13.0. The molecule has 1 aliphatic heterocycles. The monoisotopic (exact) mass is 325 g/mol. The lowest BCUT2D eigenvalue weighted by atomic mass is 10.1. The van der Waals surface area contributed by atoms with E-state index >= 15 is 0 Å². The number of piperidine rings is 1. The lowest BCUT2D eigenvalue weighted by molar-refractivity contribution is -0.387. The average Bonchev–Trinajstić information content (AvgIpc) is 3.33. The highest BCUT2D eigenvalue weighted by Gasteiger charge is 2.44. The Morgan fingerprint density at radius 1 is 1.18 bits per heavy atom. The second-order valence-corrected chi connectivity index (χ2v) is 7.60. The number of hydrogen-bond donors (Lipinski definition) is 1. The summed E-state index contributed by atoms with van der Waals surface area (Å²) in [6.45, 7) is 1.50. The molecule has 2 aliphatic rings. The molecule has 0 aromatic heterocycles. The molecule has 3 rings (SSSR count). The highest BCUT2D eigenvalue weighted by Crippen LogP contribution is 2.37. The van der Waals surface area contributed by atoms with Gasteiger partial charge in [0.05, 0.1) is 4.92 Å². The Balaban J connectivity index is 2.01. The molecule has 1 aromatic rings. The van der Waals surface area contributed by atoms with Crippen molar-refractivity contribution in [3.05, 3.63) is 34.4 Å². The van der Waals surface area contributed by atoms with Crippen molar-refractivity contribution in [1.29, 1.82) is 0 Å². The van der Waals surface area contributed by atoms with Gasteiger partial charge in [0.2, 0.25) is 10.0 Å². The Kier molecular flexibility index (Phi) is 4.16. The summed E-state index contributed by atoms with van der Waals surface area (Å²) in [6.07, 6.45) is 3.37. The van der Waals surface area contributed by atoms with Crippen LogP contribution in [0.1, 0.15) is 25.7 Å². The number of sulfonamides is 1. The fourth-order valence-electron chi connectivity index (χ4n) is 3.01. The van der Waals surface area contributed by atoms with Crippen LogP contribution >= 0.6 is 0 Å². The van der Waals surface area contributed by atoms with Gasteiger partial charge in [0, 0.05) is 24.7 Å². The van der Waals surface area contributed by atoms with Crippen molar-refractivity contribution in [1.82, 2.24) is 9.62 Å². The van der Waals surface area contributed by atoms with Crippen molar-refractivity contribution in [2.75, 3.05) is 13.1 Å². The van der Waals surface area contributed by atoms with Crippen LogP contribution in [0.15, 0.2) is 29.2 Å². The summed E-state index contributed by atoms with van der Waals surface area (Å²) in [6, 6.07) is 5.46. The molecule has 0 radical (unpaired) electrons. The number of nitro groups is 1. The predicted molar refractivity (Wildman–Crippen MR) is 81.0 cm³/mol. The molecule has 1 aliphatic carbocycles. The maximum Gasteiger partial charge on any atom is 0.289 e. The molecule has 1 heterocycles. The first kappa shape index (κ1) is 15.4. The first-order chi connectivity index (χ1) is 10.5. The van der Waals surface area contributed by atoms with Gasteiger partial charge in [-0.25, -0.2) is 8.42 Å².